The van der Waals surface area contributed by atoms with Gasteiger partial charge in [-0.25, -0.2) is 0 Å². The Bertz CT molecular complexity index is 306. The second-order valence-corrected chi connectivity index (χ2v) is 8.21. The van der Waals surface area contributed by atoms with E-state index >= 15 is 0 Å². The molecule has 1 atom stereocenters. The van der Waals surface area contributed by atoms with Crippen LogP contribution in [0.3, 0.4) is 0 Å². The van der Waals surface area contributed by atoms with Gasteiger partial charge in [-0.3, -0.25) is 4.79 Å². The smallest absolute Gasteiger partial charge is 0.154 e. The molecular formula is C17H33NO. The molecule has 0 amide bonds. The number of nitrogens with two attached hydrogens (primary N) is 1. The van der Waals surface area contributed by atoms with Gasteiger partial charge in [0.05, 0.1) is 6.04 Å². The molecule has 0 aromatic heterocycles. The predicted molar refractivity (Wildman–Crippen MR) is 82.0 cm³/mol. The highest BCUT2D eigenvalue weighted by Crippen LogP contribution is 2.45. The van der Waals surface area contributed by atoms with E-state index in [-0.39, 0.29) is 17.2 Å². The zero-order valence-electron chi connectivity index (χ0n) is 13.8. The summed E-state index contributed by atoms with van der Waals surface area (Å²) in [6, 6.07) is -0.270. The summed E-state index contributed by atoms with van der Waals surface area (Å²) in [4.78, 5) is 12.1. The highest BCUT2D eigenvalue weighted by atomic mass is 16.1. The first kappa shape index (κ1) is 16.7. The maximum absolute atomic E-state index is 12.1. The van der Waals surface area contributed by atoms with E-state index in [1.165, 1.54) is 25.7 Å². The number of carbonyl (C=O) groups excluding carboxylic acids is 1. The maximum Gasteiger partial charge on any atom is 0.154 e. The van der Waals surface area contributed by atoms with Crippen LogP contribution in [0, 0.1) is 22.7 Å². The number of hydrogen-bond acceptors (Lipinski definition) is 2. The average Bonchev–Trinajstić information content (AvgIpc) is 2.29. The zero-order valence-corrected chi connectivity index (χ0v) is 13.8. The Labute approximate surface area is 119 Å². The Hall–Kier alpha value is -0.370. The largest absolute Gasteiger partial charge is 0.321 e. The van der Waals surface area contributed by atoms with Crippen LogP contribution in [-0.2, 0) is 4.79 Å². The monoisotopic (exact) mass is 267 g/mol. The molecule has 0 aliphatic heterocycles. The first-order chi connectivity index (χ1) is 8.56. The summed E-state index contributed by atoms with van der Waals surface area (Å²) in [5.41, 5.74) is 6.30. The number of rotatable bonds is 4. The molecule has 2 N–H and O–H groups in total. The SMILES string of the molecule is CC(C)C1(C)CCC(CC(N)C(=O)C(C)(C)C)CC1. The van der Waals surface area contributed by atoms with Crippen molar-refractivity contribution in [3.8, 4) is 0 Å². The standard InChI is InChI=1S/C17H33NO/c1-12(2)17(6)9-7-13(8-10-17)11-14(18)15(19)16(3,4)5/h12-14H,7-11,18H2,1-6H3. The van der Waals surface area contributed by atoms with Gasteiger partial charge in [0.1, 0.15) is 0 Å². The van der Waals surface area contributed by atoms with Crippen molar-refractivity contribution in [2.45, 2.75) is 79.7 Å². The van der Waals surface area contributed by atoms with Crippen LogP contribution in [0.2, 0.25) is 0 Å². The van der Waals surface area contributed by atoms with Crippen molar-refractivity contribution in [3.63, 3.8) is 0 Å². The van der Waals surface area contributed by atoms with Gasteiger partial charge >= 0.3 is 0 Å². The molecule has 112 valence electrons. The lowest BCUT2D eigenvalue weighted by Gasteiger charge is -2.41. The molecule has 2 nitrogen and oxygen atoms in total. The third kappa shape index (κ3) is 4.30. The Balaban J connectivity index is 2.48. The third-order valence-electron chi connectivity index (χ3n) is 5.30. The molecule has 0 saturated heterocycles. The van der Waals surface area contributed by atoms with E-state index < -0.39 is 0 Å². The Morgan fingerprint density at radius 1 is 1.26 bits per heavy atom. The minimum Gasteiger partial charge on any atom is -0.321 e. The van der Waals surface area contributed by atoms with Gasteiger partial charge in [-0.15, -0.1) is 0 Å². The van der Waals surface area contributed by atoms with Gasteiger partial charge in [0.25, 0.3) is 0 Å². The first-order valence-electron chi connectivity index (χ1n) is 7.86. The Morgan fingerprint density at radius 2 is 1.74 bits per heavy atom. The van der Waals surface area contributed by atoms with Crippen LogP contribution < -0.4 is 5.73 Å². The molecule has 1 fully saturated rings. The minimum atomic E-state index is -0.305. The molecule has 1 rings (SSSR count). The van der Waals surface area contributed by atoms with Crippen LogP contribution in [0.4, 0.5) is 0 Å². The summed E-state index contributed by atoms with van der Waals surface area (Å²) in [5, 5.41) is 0. The summed E-state index contributed by atoms with van der Waals surface area (Å²) >= 11 is 0. The minimum absolute atomic E-state index is 0.213. The van der Waals surface area contributed by atoms with Crippen LogP contribution >= 0.6 is 0 Å². The number of ketones is 1. The van der Waals surface area contributed by atoms with Crippen molar-refractivity contribution in [1.29, 1.82) is 0 Å². The second kappa shape index (κ2) is 5.95. The molecule has 1 aliphatic carbocycles. The fourth-order valence-electron chi connectivity index (χ4n) is 3.17. The van der Waals surface area contributed by atoms with E-state index in [9.17, 15) is 4.79 Å². The fraction of sp³-hybridized carbons (Fsp3) is 0.941. The van der Waals surface area contributed by atoms with Crippen molar-refractivity contribution in [2.24, 2.45) is 28.4 Å². The zero-order chi connectivity index (χ0) is 14.8. The Morgan fingerprint density at radius 3 is 2.11 bits per heavy atom. The maximum atomic E-state index is 12.1. The topological polar surface area (TPSA) is 43.1 Å². The molecular weight excluding hydrogens is 234 g/mol. The summed E-state index contributed by atoms with van der Waals surface area (Å²) in [5.74, 6) is 1.61. The van der Waals surface area contributed by atoms with Crippen molar-refractivity contribution < 1.29 is 4.79 Å². The van der Waals surface area contributed by atoms with Gasteiger partial charge in [0, 0.05) is 5.41 Å². The fourth-order valence-corrected chi connectivity index (χ4v) is 3.17. The number of carbonyl (C=O) groups is 1. The van der Waals surface area contributed by atoms with Crippen LogP contribution in [-0.4, -0.2) is 11.8 Å². The summed E-state index contributed by atoms with van der Waals surface area (Å²) in [6.45, 7) is 13.0. The molecule has 1 aliphatic rings. The molecule has 1 unspecified atom stereocenters. The van der Waals surface area contributed by atoms with Crippen LogP contribution in [0.1, 0.15) is 73.6 Å². The third-order valence-corrected chi connectivity index (χ3v) is 5.30. The van der Waals surface area contributed by atoms with Crippen LogP contribution in [0.5, 0.6) is 0 Å². The summed E-state index contributed by atoms with van der Waals surface area (Å²) in [6.07, 6.45) is 5.92. The highest BCUT2D eigenvalue weighted by Gasteiger charge is 2.35. The van der Waals surface area contributed by atoms with E-state index in [0.717, 1.165) is 12.3 Å². The number of Topliss-reactive ketones (excluding diaryl/α,β-unsaturated/α-hetero) is 1. The summed E-state index contributed by atoms with van der Waals surface area (Å²) in [7, 11) is 0. The molecule has 1 saturated carbocycles. The highest BCUT2D eigenvalue weighted by molar-refractivity contribution is 5.88. The lowest BCUT2D eigenvalue weighted by Crippen LogP contribution is -2.41. The first-order valence-corrected chi connectivity index (χ1v) is 7.86. The quantitative estimate of drug-likeness (QED) is 0.830. The molecule has 0 spiro atoms. The molecule has 0 heterocycles. The molecule has 0 aromatic carbocycles. The molecule has 2 heteroatoms. The van der Waals surface area contributed by atoms with Gasteiger partial charge in [-0.1, -0.05) is 41.5 Å². The predicted octanol–water partition coefficient (Wildman–Crippen LogP) is 4.17. The molecule has 19 heavy (non-hydrogen) atoms. The van der Waals surface area contributed by atoms with Crippen molar-refractivity contribution in [2.75, 3.05) is 0 Å². The van der Waals surface area contributed by atoms with Crippen molar-refractivity contribution >= 4 is 5.78 Å². The molecule has 0 aromatic rings. The van der Waals surface area contributed by atoms with Gasteiger partial charge in [0.15, 0.2) is 5.78 Å². The van der Waals surface area contributed by atoms with Crippen molar-refractivity contribution in [3.05, 3.63) is 0 Å². The van der Waals surface area contributed by atoms with Crippen LogP contribution in [0.15, 0.2) is 0 Å². The van der Waals surface area contributed by atoms with E-state index in [1.807, 2.05) is 20.8 Å². The lowest BCUT2D eigenvalue weighted by atomic mass is 9.65. The van der Waals surface area contributed by atoms with E-state index in [2.05, 4.69) is 20.8 Å². The van der Waals surface area contributed by atoms with E-state index in [1.54, 1.807) is 0 Å². The van der Waals surface area contributed by atoms with Gasteiger partial charge in [-0.2, -0.15) is 0 Å². The lowest BCUT2D eigenvalue weighted by molar-refractivity contribution is -0.128. The molecule has 0 bridgehead atoms. The second-order valence-electron chi connectivity index (χ2n) is 8.21. The van der Waals surface area contributed by atoms with E-state index in [4.69, 9.17) is 5.73 Å². The summed E-state index contributed by atoms with van der Waals surface area (Å²) < 4.78 is 0. The molecule has 0 radical (unpaired) electrons. The van der Waals surface area contributed by atoms with Gasteiger partial charge < -0.3 is 5.73 Å². The average molecular weight is 267 g/mol. The Kier molecular flexibility index (Phi) is 5.22. The van der Waals surface area contributed by atoms with Gasteiger partial charge in [-0.05, 0) is 49.4 Å². The van der Waals surface area contributed by atoms with E-state index in [0.29, 0.717) is 11.3 Å². The van der Waals surface area contributed by atoms with Crippen LogP contribution in [0.25, 0.3) is 0 Å². The number of hydrogen-bond donors (Lipinski definition) is 1. The normalized spacial score (nSPS) is 30.4. The van der Waals surface area contributed by atoms with Crippen molar-refractivity contribution in [1.82, 2.24) is 0 Å². The van der Waals surface area contributed by atoms with Gasteiger partial charge in [0.2, 0.25) is 0 Å².